The van der Waals surface area contributed by atoms with Crippen molar-refractivity contribution in [1.29, 1.82) is 0 Å². The molecule has 6 nitrogen and oxygen atoms in total. The molecule has 148 valence electrons. The van der Waals surface area contributed by atoms with Gasteiger partial charge in [0.15, 0.2) is 0 Å². The van der Waals surface area contributed by atoms with Crippen molar-refractivity contribution in [2.24, 2.45) is 0 Å². The van der Waals surface area contributed by atoms with Gasteiger partial charge in [0.05, 0.1) is 28.6 Å². The molecule has 0 bridgehead atoms. The fourth-order valence-corrected chi connectivity index (χ4v) is 5.12. The van der Waals surface area contributed by atoms with Gasteiger partial charge in [-0.2, -0.15) is 0 Å². The Morgan fingerprint density at radius 2 is 1.82 bits per heavy atom. The topological polar surface area (TPSA) is 85.6 Å². The number of esters is 1. The second-order valence-electron chi connectivity index (χ2n) is 6.07. The predicted octanol–water partition coefficient (Wildman–Crippen LogP) is 4.16. The van der Waals surface area contributed by atoms with Crippen molar-refractivity contribution >= 4 is 50.1 Å². The Bertz CT molecular complexity index is 1170. The van der Waals surface area contributed by atoms with Gasteiger partial charge in [-0.1, -0.05) is 40.9 Å². The normalized spacial score (nSPS) is 11.8. The van der Waals surface area contributed by atoms with E-state index in [1.807, 2.05) is 6.92 Å². The zero-order chi connectivity index (χ0) is 20.6. The average Bonchev–Trinajstić information content (AvgIpc) is 2.97. The molecule has 1 heterocycles. The summed E-state index contributed by atoms with van der Waals surface area (Å²) < 4.78 is 32.7. The Hall–Kier alpha value is -2.06. The van der Waals surface area contributed by atoms with E-state index in [0.29, 0.717) is 0 Å². The van der Waals surface area contributed by atoms with Crippen molar-refractivity contribution in [3.8, 4) is 0 Å². The fraction of sp³-hybridized carbons (Fsp3) is 0.211. The standard InChI is InChI=1S/C19H17Cl2NO5S/c1-3-27-19(24)18-14(10-23)17-15(21)8-12(20)9-16(17)22(18)28(25,26)13-6-4-11(2)5-7-13/h4-9,23H,3,10H2,1-2H3. The van der Waals surface area contributed by atoms with Crippen LogP contribution in [-0.2, 0) is 21.4 Å². The minimum Gasteiger partial charge on any atom is -0.461 e. The number of aryl methyl sites for hydroxylation is 1. The van der Waals surface area contributed by atoms with E-state index in [1.54, 1.807) is 19.1 Å². The lowest BCUT2D eigenvalue weighted by Gasteiger charge is -2.12. The van der Waals surface area contributed by atoms with Crippen LogP contribution >= 0.6 is 23.2 Å². The first-order valence-electron chi connectivity index (χ1n) is 8.35. The van der Waals surface area contributed by atoms with E-state index in [9.17, 15) is 18.3 Å². The second-order valence-corrected chi connectivity index (χ2v) is 8.70. The number of aliphatic hydroxyl groups excluding tert-OH is 1. The molecule has 2 aromatic carbocycles. The van der Waals surface area contributed by atoms with E-state index in [4.69, 9.17) is 27.9 Å². The van der Waals surface area contributed by atoms with Gasteiger partial charge < -0.3 is 9.84 Å². The van der Waals surface area contributed by atoms with Crippen molar-refractivity contribution in [3.63, 3.8) is 0 Å². The Kier molecular flexibility index (Phi) is 5.72. The molecule has 1 N–H and O–H groups in total. The Labute approximate surface area is 172 Å². The average molecular weight is 442 g/mol. The fourth-order valence-electron chi connectivity index (χ4n) is 3.01. The van der Waals surface area contributed by atoms with Gasteiger partial charge in [-0.05, 0) is 38.1 Å². The molecule has 0 saturated carbocycles. The van der Waals surface area contributed by atoms with Crippen LogP contribution in [0.25, 0.3) is 10.9 Å². The molecule has 1 aromatic heterocycles. The lowest BCUT2D eigenvalue weighted by molar-refractivity contribution is 0.0515. The molecule has 0 fully saturated rings. The Balaban J connectivity index is 2.48. The number of hydrogen-bond donors (Lipinski definition) is 1. The highest BCUT2D eigenvalue weighted by atomic mass is 35.5. The van der Waals surface area contributed by atoms with Crippen molar-refractivity contribution in [2.45, 2.75) is 25.3 Å². The molecule has 0 saturated heterocycles. The number of aromatic nitrogens is 1. The predicted molar refractivity (Wildman–Crippen MR) is 108 cm³/mol. The molecule has 28 heavy (non-hydrogen) atoms. The van der Waals surface area contributed by atoms with E-state index in [2.05, 4.69) is 0 Å². The largest absolute Gasteiger partial charge is 0.461 e. The lowest BCUT2D eigenvalue weighted by Crippen LogP contribution is -2.21. The third kappa shape index (κ3) is 3.39. The molecule has 3 aromatic rings. The van der Waals surface area contributed by atoms with Crippen LogP contribution in [0.15, 0.2) is 41.3 Å². The van der Waals surface area contributed by atoms with Crippen LogP contribution in [0.4, 0.5) is 0 Å². The molecule has 3 rings (SSSR count). The summed E-state index contributed by atoms with van der Waals surface area (Å²) in [6, 6.07) is 8.98. The summed E-state index contributed by atoms with van der Waals surface area (Å²) in [5.41, 5.74) is 0.726. The van der Waals surface area contributed by atoms with Gasteiger partial charge in [-0.25, -0.2) is 17.2 Å². The highest BCUT2D eigenvalue weighted by Crippen LogP contribution is 2.37. The summed E-state index contributed by atoms with van der Waals surface area (Å²) in [5, 5.41) is 10.4. The third-order valence-electron chi connectivity index (χ3n) is 4.23. The SMILES string of the molecule is CCOC(=O)c1c(CO)c2c(Cl)cc(Cl)cc2n1S(=O)(=O)c1ccc(C)cc1. The first kappa shape index (κ1) is 20.7. The number of hydrogen-bond acceptors (Lipinski definition) is 5. The van der Waals surface area contributed by atoms with Gasteiger partial charge >= 0.3 is 5.97 Å². The molecule has 0 spiro atoms. The van der Waals surface area contributed by atoms with Gasteiger partial charge in [0, 0.05) is 16.0 Å². The number of aliphatic hydroxyl groups is 1. The van der Waals surface area contributed by atoms with E-state index in [1.165, 1.54) is 24.3 Å². The van der Waals surface area contributed by atoms with Crippen molar-refractivity contribution in [2.75, 3.05) is 6.61 Å². The van der Waals surface area contributed by atoms with E-state index >= 15 is 0 Å². The molecular weight excluding hydrogens is 425 g/mol. The van der Waals surface area contributed by atoms with Gasteiger partial charge in [-0.15, -0.1) is 0 Å². The highest BCUT2D eigenvalue weighted by molar-refractivity contribution is 7.90. The molecule has 0 aliphatic carbocycles. The first-order valence-corrected chi connectivity index (χ1v) is 10.5. The third-order valence-corrected chi connectivity index (χ3v) is 6.47. The summed E-state index contributed by atoms with van der Waals surface area (Å²) in [4.78, 5) is 12.6. The molecular formula is C19H17Cl2NO5S. The first-order chi connectivity index (χ1) is 13.2. The Morgan fingerprint density at radius 3 is 2.39 bits per heavy atom. The molecule has 0 aliphatic heterocycles. The number of benzene rings is 2. The monoisotopic (exact) mass is 441 g/mol. The number of carbonyl (C=O) groups excluding carboxylic acids is 1. The molecule has 0 aliphatic rings. The smallest absolute Gasteiger partial charge is 0.356 e. The second kappa shape index (κ2) is 7.75. The van der Waals surface area contributed by atoms with Gasteiger partial charge in [-0.3, -0.25) is 0 Å². The number of carbonyl (C=O) groups is 1. The van der Waals surface area contributed by atoms with Crippen LogP contribution < -0.4 is 0 Å². The van der Waals surface area contributed by atoms with Crippen LogP contribution in [-0.4, -0.2) is 30.1 Å². The zero-order valence-electron chi connectivity index (χ0n) is 15.1. The minimum absolute atomic E-state index is 0.0267. The van der Waals surface area contributed by atoms with Gasteiger partial charge in [0.1, 0.15) is 5.69 Å². The number of ether oxygens (including phenoxy) is 1. The van der Waals surface area contributed by atoms with Crippen LogP contribution in [0.1, 0.15) is 28.5 Å². The quantitative estimate of drug-likeness (QED) is 0.600. The summed E-state index contributed by atoms with van der Waals surface area (Å²) in [6.07, 6.45) is 0. The summed E-state index contributed by atoms with van der Waals surface area (Å²) in [6.45, 7) is 2.85. The van der Waals surface area contributed by atoms with Crippen molar-refractivity contribution in [3.05, 3.63) is 63.3 Å². The maximum absolute atomic E-state index is 13.4. The van der Waals surface area contributed by atoms with Crippen LogP contribution in [0.3, 0.4) is 0 Å². The summed E-state index contributed by atoms with van der Waals surface area (Å²) in [5.74, 6) is -0.884. The molecule has 0 radical (unpaired) electrons. The molecule has 9 heteroatoms. The minimum atomic E-state index is -4.21. The zero-order valence-corrected chi connectivity index (χ0v) is 17.4. The maximum Gasteiger partial charge on any atom is 0.356 e. The van der Waals surface area contributed by atoms with E-state index < -0.39 is 22.6 Å². The molecule has 0 unspecified atom stereocenters. The number of nitrogens with zero attached hydrogens (tertiary/aromatic N) is 1. The summed E-state index contributed by atoms with van der Waals surface area (Å²) in [7, 11) is -4.21. The Morgan fingerprint density at radius 1 is 1.18 bits per heavy atom. The van der Waals surface area contributed by atoms with Crippen molar-refractivity contribution < 1.29 is 23.1 Å². The lowest BCUT2D eigenvalue weighted by atomic mass is 10.1. The molecule has 0 atom stereocenters. The van der Waals surface area contributed by atoms with E-state index in [-0.39, 0.29) is 43.7 Å². The van der Waals surface area contributed by atoms with Gasteiger partial charge in [0.2, 0.25) is 0 Å². The molecule has 0 amide bonds. The van der Waals surface area contributed by atoms with Crippen LogP contribution in [0, 0.1) is 6.92 Å². The highest BCUT2D eigenvalue weighted by Gasteiger charge is 2.32. The number of rotatable bonds is 5. The number of fused-ring (bicyclic) bond motifs is 1. The maximum atomic E-state index is 13.4. The van der Waals surface area contributed by atoms with Gasteiger partial charge in [0.25, 0.3) is 10.0 Å². The van der Waals surface area contributed by atoms with E-state index in [0.717, 1.165) is 9.54 Å². The summed E-state index contributed by atoms with van der Waals surface area (Å²) >= 11 is 12.4. The van der Waals surface area contributed by atoms with Crippen molar-refractivity contribution in [1.82, 2.24) is 3.97 Å². The van der Waals surface area contributed by atoms with Crippen LogP contribution in [0.2, 0.25) is 10.0 Å². The number of halogens is 2. The van der Waals surface area contributed by atoms with Crippen LogP contribution in [0.5, 0.6) is 0 Å².